The summed E-state index contributed by atoms with van der Waals surface area (Å²) >= 11 is 0. The highest BCUT2D eigenvalue weighted by Crippen LogP contribution is 2.20. The van der Waals surface area contributed by atoms with E-state index in [0.29, 0.717) is 18.4 Å². The van der Waals surface area contributed by atoms with E-state index in [1.807, 2.05) is 0 Å². The van der Waals surface area contributed by atoms with E-state index in [-0.39, 0.29) is 18.0 Å². The molecule has 1 aliphatic carbocycles. The highest BCUT2D eigenvalue weighted by molar-refractivity contribution is 5.95. The predicted octanol–water partition coefficient (Wildman–Crippen LogP) is 1.73. The van der Waals surface area contributed by atoms with Crippen LogP contribution in [-0.2, 0) is 4.79 Å². The number of amides is 3. The number of hydrogen-bond acceptors (Lipinski definition) is 3. The summed E-state index contributed by atoms with van der Waals surface area (Å²) < 4.78 is 0. The van der Waals surface area contributed by atoms with Gasteiger partial charge in [-0.3, -0.25) is 15.0 Å². The van der Waals surface area contributed by atoms with E-state index in [9.17, 15) is 9.59 Å². The molecule has 5 nitrogen and oxygen atoms in total. The Kier molecular flexibility index (Phi) is 5.40. The Morgan fingerprint density at radius 3 is 2.30 bits per heavy atom. The molecule has 1 aliphatic heterocycles. The van der Waals surface area contributed by atoms with Crippen LogP contribution in [0.3, 0.4) is 0 Å². The summed E-state index contributed by atoms with van der Waals surface area (Å²) in [6, 6.07) is -0.0853. The summed E-state index contributed by atoms with van der Waals surface area (Å²) in [6.07, 6.45) is 5.62. The molecule has 0 aromatic rings. The number of hydrogen-bond donors (Lipinski definition) is 2. The topological polar surface area (TPSA) is 61.4 Å². The third kappa shape index (κ3) is 4.78. The maximum Gasteiger partial charge on any atom is 0.321 e. The lowest BCUT2D eigenvalue weighted by Gasteiger charge is -2.34. The molecular weight excluding hydrogens is 254 g/mol. The standard InChI is InChI=1S/C15H27N3O2/c1-11-7-12(2)9-18(8-11)10-14(19)17-15(20)16-13-5-3-4-6-13/h11-13H,3-10H2,1-2H3,(H2,16,17,19,20). The number of carbonyl (C=O) groups is 2. The van der Waals surface area contributed by atoms with Gasteiger partial charge in [-0.2, -0.15) is 0 Å². The Labute approximate surface area is 121 Å². The van der Waals surface area contributed by atoms with E-state index in [2.05, 4.69) is 29.4 Å². The zero-order chi connectivity index (χ0) is 14.5. The van der Waals surface area contributed by atoms with E-state index in [1.54, 1.807) is 0 Å². The monoisotopic (exact) mass is 281 g/mol. The van der Waals surface area contributed by atoms with Crippen LogP contribution in [0, 0.1) is 11.8 Å². The molecule has 0 radical (unpaired) electrons. The van der Waals surface area contributed by atoms with Crippen molar-refractivity contribution in [1.29, 1.82) is 0 Å². The van der Waals surface area contributed by atoms with Crippen molar-refractivity contribution < 1.29 is 9.59 Å². The van der Waals surface area contributed by atoms with Crippen LogP contribution in [0.25, 0.3) is 0 Å². The second kappa shape index (κ2) is 7.07. The van der Waals surface area contributed by atoms with Gasteiger partial charge < -0.3 is 5.32 Å². The Morgan fingerprint density at radius 2 is 1.70 bits per heavy atom. The summed E-state index contributed by atoms with van der Waals surface area (Å²) in [7, 11) is 0. The molecule has 2 rings (SSSR count). The van der Waals surface area contributed by atoms with Gasteiger partial charge in [-0.1, -0.05) is 26.7 Å². The van der Waals surface area contributed by atoms with E-state index in [4.69, 9.17) is 0 Å². The van der Waals surface area contributed by atoms with Gasteiger partial charge in [-0.25, -0.2) is 4.79 Å². The number of carbonyl (C=O) groups excluding carboxylic acids is 2. The van der Waals surface area contributed by atoms with Crippen molar-refractivity contribution in [3.8, 4) is 0 Å². The lowest BCUT2D eigenvalue weighted by molar-refractivity contribution is -0.121. The van der Waals surface area contributed by atoms with Gasteiger partial charge in [0.05, 0.1) is 6.54 Å². The van der Waals surface area contributed by atoms with Crippen LogP contribution in [-0.4, -0.2) is 42.5 Å². The van der Waals surface area contributed by atoms with Crippen molar-refractivity contribution in [3.63, 3.8) is 0 Å². The number of piperidine rings is 1. The van der Waals surface area contributed by atoms with E-state index in [1.165, 1.54) is 19.3 Å². The Morgan fingerprint density at radius 1 is 1.10 bits per heavy atom. The minimum Gasteiger partial charge on any atom is -0.335 e. The minimum atomic E-state index is -0.333. The highest BCUT2D eigenvalue weighted by atomic mass is 16.2. The molecule has 3 amide bonds. The lowest BCUT2D eigenvalue weighted by Crippen LogP contribution is -2.49. The Bertz CT molecular complexity index is 343. The van der Waals surface area contributed by atoms with Crippen molar-refractivity contribution in [1.82, 2.24) is 15.5 Å². The minimum absolute atomic E-state index is 0.193. The molecule has 2 fully saturated rings. The third-order valence-electron chi connectivity index (χ3n) is 4.26. The van der Waals surface area contributed by atoms with Crippen LogP contribution in [0.1, 0.15) is 46.0 Å². The van der Waals surface area contributed by atoms with Crippen LogP contribution in [0.2, 0.25) is 0 Å². The zero-order valence-corrected chi connectivity index (χ0v) is 12.7. The fraction of sp³-hybridized carbons (Fsp3) is 0.867. The maximum atomic E-state index is 11.9. The summed E-state index contributed by atoms with van der Waals surface area (Å²) in [4.78, 5) is 25.8. The molecule has 114 valence electrons. The molecular formula is C15H27N3O2. The Hall–Kier alpha value is -1.10. The molecule has 5 heteroatoms. The summed E-state index contributed by atoms with van der Waals surface area (Å²) in [5.41, 5.74) is 0. The maximum absolute atomic E-state index is 11.9. The van der Waals surface area contributed by atoms with Gasteiger partial charge in [0.1, 0.15) is 0 Å². The zero-order valence-electron chi connectivity index (χ0n) is 12.7. The number of rotatable bonds is 3. The molecule has 0 aromatic carbocycles. The number of likely N-dealkylation sites (tertiary alicyclic amines) is 1. The van der Waals surface area contributed by atoms with Gasteiger partial charge in [0.25, 0.3) is 0 Å². The van der Waals surface area contributed by atoms with Crippen LogP contribution in [0.4, 0.5) is 4.79 Å². The third-order valence-corrected chi connectivity index (χ3v) is 4.26. The van der Waals surface area contributed by atoms with Crippen molar-refractivity contribution in [2.75, 3.05) is 19.6 Å². The summed E-state index contributed by atoms with van der Waals surface area (Å²) in [5, 5.41) is 5.33. The van der Waals surface area contributed by atoms with Crippen molar-refractivity contribution in [3.05, 3.63) is 0 Å². The van der Waals surface area contributed by atoms with Crippen LogP contribution < -0.4 is 10.6 Å². The molecule has 0 bridgehead atoms. The first-order valence-corrected chi connectivity index (χ1v) is 7.85. The quantitative estimate of drug-likeness (QED) is 0.828. The molecule has 1 heterocycles. The normalized spacial score (nSPS) is 28.3. The number of imide groups is 1. The molecule has 20 heavy (non-hydrogen) atoms. The van der Waals surface area contributed by atoms with E-state index < -0.39 is 0 Å². The molecule has 1 saturated carbocycles. The smallest absolute Gasteiger partial charge is 0.321 e. The molecule has 2 aliphatic rings. The van der Waals surface area contributed by atoms with Crippen LogP contribution >= 0.6 is 0 Å². The fourth-order valence-electron chi connectivity index (χ4n) is 3.58. The second-order valence-corrected chi connectivity index (χ2v) is 6.64. The number of urea groups is 1. The largest absolute Gasteiger partial charge is 0.335 e. The van der Waals surface area contributed by atoms with Gasteiger partial charge in [-0.05, 0) is 31.1 Å². The highest BCUT2D eigenvalue weighted by Gasteiger charge is 2.24. The molecule has 1 saturated heterocycles. The van der Waals surface area contributed by atoms with Gasteiger partial charge in [0, 0.05) is 19.1 Å². The summed E-state index contributed by atoms with van der Waals surface area (Å²) in [5.74, 6) is 1.06. The Balaban J connectivity index is 1.70. The first-order valence-electron chi connectivity index (χ1n) is 7.85. The van der Waals surface area contributed by atoms with E-state index in [0.717, 1.165) is 25.9 Å². The lowest BCUT2D eigenvalue weighted by atomic mass is 9.92. The first-order chi connectivity index (χ1) is 9.52. The van der Waals surface area contributed by atoms with E-state index >= 15 is 0 Å². The van der Waals surface area contributed by atoms with Gasteiger partial charge in [-0.15, -0.1) is 0 Å². The predicted molar refractivity (Wildman–Crippen MR) is 78.3 cm³/mol. The van der Waals surface area contributed by atoms with Crippen molar-refractivity contribution >= 4 is 11.9 Å². The van der Waals surface area contributed by atoms with Gasteiger partial charge in [0.15, 0.2) is 0 Å². The van der Waals surface area contributed by atoms with Crippen molar-refractivity contribution in [2.45, 2.75) is 52.0 Å². The number of nitrogens with one attached hydrogen (secondary N) is 2. The summed E-state index contributed by atoms with van der Waals surface area (Å²) in [6.45, 7) is 6.65. The van der Waals surface area contributed by atoms with Crippen LogP contribution in [0.5, 0.6) is 0 Å². The fourth-order valence-corrected chi connectivity index (χ4v) is 3.58. The van der Waals surface area contributed by atoms with Gasteiger partial charge in [0.2, 0.25) is 5.91 Å². The number of nitrogens with zero attached hydrogens (tertiary/aromatic N) is 1. The average Bonchev–Trinajstić information content (AvgIpc) is 2.79. The SMILES string of the molecule is CC1CC(C)CN(CC(=O)NC(=O)NC2CCCC2)C1. The molecule has 2 unspecified atom stereocenters. The first kappa shape index (κ1) is 15.3. The molecule has 2 atom stereocenters. The molecule has 2 N–H and O–H groups in total. The average molecular weight is 281 g/mol. The second-order valence-electron chi connectivity index (χ2n) is 6.64. The van der Waals surface area contributed by atoms with Crippen LogP contribution in [0.15, 0.2) is 0 Å². The molecule has 0 aromatic heterocycles. The van der Waals surface area contributed by atoms with Gasteiger partial charge >= 0.3 is 6.03 Å². The molecule has 0 spiro atoms. The van der Waals surface area contributed by atoms with Crippen molar-refractivity contribution in [2.24, 2.45) is 11.8 Å².